The fraction of sp³-hybridized carbons (Fsp3) is 0. The summed E-state index contributed by atoms with van der Waals surface area (Å²) in [6.45, 7) is 0. The summed E-state index contributed by atoms with van der Waals surface area (Å²) < 4.78 is 5.21. The molecule has 2 heterocycles. The van der Waals surface area contributed by atoms with Crippen LogP contribution in [-0.2, 0) is 0 Å². The summed E-state index contributed by atoms with van der Waals surface area (Å²) in [4.78, 5) is 0. The van der Waals surface area contributed by atoms with Crippen molar-refractivity contribution in [3.05, 3.63) is 115 Å². The molecule has 1 nitrogen and oxygen atoms in total. The molecule has 0 spiro atoms. The molecule has 0 atom stereocenters. The molecule has 0 unspecified atom stereocenters. The largest absolute Gasteiger partial charge is 0.309 e. The van der Waals surface area contributed by atoms with Gasteiger partial charge < -0.3 is 4.57 Å². The van der Waals surface area contributed by atoms with Gasteiger partial charge in [-0.3, -0.25) is 0 Å². The Balaban J connectivity index is 1.51. The van der Waals surface area contributed by atoms with Crippen molar-refractivity contribution in [3.63, 3.8) is 0 Å². The molecule has 0 aliphatic heterocycles. The van der Waals surface area contributed by atoms with Crippen molar-refractivity contribution in [2.24, 2.45) is 0 Å². The maximum absolute atomic E-state index is 2.47. The Labute approximate surface area is 211 Å². The predicted molar refractivity (Wildman–Crippen MR) is 156 cm³/mol. The van der Waals surface area contributed by atoms with Gasteiger partial charge in [0, 0.05) is 42.0 Å². The summed E-state index contributed by atoms with van der Waals surface area (Å²) in [5, 5.41) is 8.29. The Bertz CT molecular complexity index is 2190. The fourth-order valence-corrected chi connectivity index (χ4v) is 7.59. The van der Waals surface area contributed by atoms with Crippen LogP contribution in [0.15, 0.2) is 115 Å². The Morgan fingerprint density at radius 2 is 1.17 bits per heavy atom. The molecule has 8 aromatic rings. The van der Waals surface area contributed by atoms with E-state index in [1.54, 1.807) is 0 Å². The van der Waals surface area contributed by atoms with Crippen molar-refractivity contribution < 1.29 is 0 Å². The first-order valence-corrected chi connectivity index (χ1v) is 13.2. The van der Waals surface area contributed by atoms with Crippen LogP contribution in [0.25, 0.3) is 80.7 Å². The van der Waals surface area contributed by atoms with Gasteiger partial charge in [-0.15, -0.1) is 11.3 Å². The quantitative estimate of drug-likeness (QED) is 0.235. The number of thiophene rings is 1. The van der Waals surface area contributed by atoms with Gasteiger partial charge >= 0.3 is 0 Å². The van der Waals surface area contributed by atoms with Gasteiger partial charge in [0.15, 0.2) is 0 Å². The summed E-state index contributed by atoms with van der Waals surface area (Å²) in [6, 6.07) is 42.5. The van der Waals surface area contributed by atoms with E-state index in [1.165, 1.54) is 80.7 Å². The molecule has 9 rings (SSSR count). The minimum Gasteiger partial charge on any atom is -0.309 e. The van der Waals surface area contributed by atoms with Gasteiger partial charge in [-0.2, -0.15) is 0 Å². The number of aromatic nitrogens is 1. The minimum absolute atomic E-state index is 1.20. The first-order chi connectivity index (χ1) is 17.9. The molecular weight excluding hydrogens is 454 g/mol. The average molecular weight is 474 g/mol. The van der Waals surface area contributed by atoms with Crippen molar-refractivity contribution >= 4 is 64.1 Å². The lowest BCUT2D eigenvalue weighted by Gasteiger charge is -2.12. The maximum atomic E-state index is 2.47. The van der Waals surface area contributed by atoms with Gasteiger partial charge in [0.1, 0.15) is 0 Å². The normalized spacial score (nSPS) is 12.4. The van der Waals surface area contributed by atoms with E-state index >= 15 is 0 Å². The van der Waals surface area contributed by atoms with E-state index in [-0.39, 0.29) is 0 Å². The second kappa shape index (κ2) is 6.63. The third kappa shape index (κ3) is 2.26. The first kappa shape index (κ1) is 18.9. The summed E-state index contributed by atoms with van der Waals surface area (Å²) in [5.41, 5.74) is 8.90. The third-order valence-electron chi connectivity index (χ3n) is 7.90. The van der Waals surface area contributed by atoms with Crippen LogP contribution in [-0.4, -0.2) is 4.57 Å². The van der Waals surface area contributed by atoms with E-state index < -0.39 is 0 Å². The van der Waals surface area contributed by atoms with Crippen molar-refractivity contribution in [1.82, 2.24) is 4.57 Å². The monoisotopic (exact) mass is 473 g/mol. The molecule has 0 N–H and O–H groups in total. The van der Waals surface area contributed by atoms with E-state index in [0.29, 0.717) is 0 Å². The van der Waals surface area contributed by atoms with Gasteiger partial charge in [-0.1, -0.05) is 78.9 Å². The lowest BCUT2D eigenvalue weighted by Crippen LogP contribution is -1.94. The van der Waals surface area contributed by atoms with E-state index in [1.807, 2.05) is 11.3 Å². The SMILES string of the molecule is c1ccc(-c2cccc(-n3c4cccc5c4c4c6c(ccc7sc8cccc-5c8c76)ccc43)c2)cc1. The lowest BCUT2D eigenvalue weighted by molar-refractivity contribution is 1.18. The molecule has 0 fully saturated rings. The standard InChI is InChI=1S/C34H19NS/c1-2-7-20(8-3-1)22-9-4-10-23(19-22)35-26-13-5-11-24-25-12-6-14-28-32(25)34-29(36-28)18-16-21-15-17-27(35)33(30(21)34)31(24)26/h1-19H. The number of fused-ring (bicyclic) bond motifs is 1. The molecule has 166 valence electrons. The summed E-state index contributed by atoms with van der Waals surface area (Å²) in [6.07, 6.45) is 0. The molecular formula is C34H19NS. The molecule has 0 saturated carbocycles. The van der Waals surface area contributed by atoms with E-state index in [0.717, 1.165) is 0 Å². The zero-order valence-electron chi connectivity index (χ0n) is 19.3. The van der Waals surface area contributed by atoms with Gasteiger partial charge in [0.2, 0.25) is 0 Å². The number of nitrogens with zero attached hydrogens (tertiary/aromatic N) is 1. The number of rotatable bonds is 2. The smallest absolute Gasteiger partial charge is 0.0548 e. The molecule has 0 radical (unpaired) electrons. The molecule has 36 heavy (non-hydrogen) atoms. The number of hydrogen-bond acceptors (Lipinski definition) is 1. The predicted octanol–water partition coefficient (Wildman–Crippen LogP) is 9.95. The van der Waals surface area contributed by atoms with Gasteiger partial charge in [0.05, 0.1) is 11.0 Å². The van der Waals surface area contributed by atoms with Crippen molar-refractivity contribution in [3.8, 4) is 27.9 Å². The zero-order valence-corrected chi connectivity index (χ0v) is 20.1. The van der Waals surface area contributed by atoms with Crippen LogP contribution in [0, 0.1) is 0 Å². The van der Waals surface area contributed by atoms with Crippen molar-refractivity contribution in [1.29, 1.82) is 0 Å². The van der Waals surface area contributed by atoms with Gasteiger partial charge in [0.25, 0.3) is 0 Å². The van der Waals surface area contributed by atoms with Gasteiger partial charge in [-0.05, 0) is 64.0 Å². The Morgan fingerprint density at radius 3 is 2.08 bits per heavy atom. The summed E-state index contributed by atoms with van der Waals surface area (Å²) in [5.74, 6) is 0. The zero-order chi connectivity index (χ0) is 23.4. The Morgan fingerprint density at radius 1 is 0.444 bits per heavy atom. The molecule has 0 amide bonds. The van der Waals surface area contributed by atoms with Crippen LogP contribution in [0.5, 0.6) is 0 Å². The molecule has 2 aromatic heterocycles. The van der Waals surface area contributed by atoms with E-state index in [9.17, 15) is 0 Å². The first-order valence-electron chi connectivity index (χ1n) is 12.4. The molecule has 6 aromatic carbocycles. The van der Waals surface area contributed by atoms with Crippen molar-refractivity contribution in [2.45, 2.75) is 0 Å². The van der Waals surface area contributed by atoms with Crippen LogP contribution in [0.2, 0.25) is 0 Å². The van der Waals surface area contributed by atoms with Crippen molar-refractivity contribution in [2.75, 3.05) is 0 Å². The molecule has 0 saturated heterocycles. The molecule has 0 bridgehead atoms. The van der Waals surface area contributed by atoms with E-state index in [4.69, 9.17) is 0 Å². The fourth-order valence-electron chi connectivity index (χ4n) is 6.45. The molecule has 2 heteroatoms. The van der Waals surface area contributed by atoms with Crippen LogP contribution >= 0.6 is 11.3 Å². The number of benzene rings is 6. The van der Waals surface area contributed by atoms with Crippen LogP contribution in [0.3, 0.4) is 0 Å². The Kier molecular flexibility index (Phi) is 3.47. The molecule has 1 aliphatic carbocycles. The summed E-state index contributed by atoms with van der Waals surface area (Å²) >= 11 is 1.91. The highest BCUT2D eigenvalue weighted by atomic mass is 32.1. The van der Waals surface area contributed by atoms with E-state index in [2.05, 4.69) is 120 Å². The topological polar surface area (TPSA) is 4.93 Å². The number of hydrogen-bond donors (Lipinski definition) is 0. The summed E-state index contributed by atoms with van der Waals surface area (Å²) in [7, 11) is 0. The second-order valence-corrected chi connectivity index (χ2v) is 10.8. The highest BCUT2D eigenvalue weighted by Gasteiger charge is 2.25. The minimum atomic E-state index is 1.20. The average Bonchev–Trinajstić information content (AvgIpc) is 3.45. The van der Waals surface area contributed by atoms with Crippen LogP contribution < -0.4 is 0 Å². The second-order valence-electron chi connectivity index (χ2n) is 9.73. The highest BCUT2D eigenvalue weighted by Crippen LogP contribution is 2.51. The van der Waals surface area contributed by atoms with Crippen LogP contribution in [0.1, 0.15) is 0 Å². The molecule has 1 aliphatic rings. The lowest BCUT2D eigenvalue weighted by atomic mass is 9.98. The van der Waals surface area contributed by atoms with Crippen LogP contribution in [0.4, 0.5) is 0 Å². The third-order valence-corrected chi connectivity index (χ3v) is 9.02. The Hall–Kier alpha value is -4.40. The highest BCUT2D eigenvalue weighted by molar-refractivity contribution is 7.26. The maximum Gasteiger partial charge on any atom is 0.0548 e. The van der Waals surface area contributed by atoms with Gasteiger partial charge in [-0.25, -0.2) is 0 Å².